The van der Waals surface area contributed by atoms with Gasteiger partial charge in [-0.1, -0.05) is 0 Å². The number of rotatable bonds is 9. The molecule has 0 aromatic heterocycles. The number of morpholine rings is 1. The van der Waals surface area contributed by atoms with Gasteiger partial charge in [-0.25, -0.2) is 16.8 Å². The molecule has 2 heterocycles. The molecule has 0 atom stereocenters. The third-order valence-electron chi connectivity index (χ3n) is 6.32. The van der Waals surface area contributed by atoms with Crippen molar-refractivity contribution in [3.05, 3.63) is 48.0 Å². The highest BCUT2D eigenvalue weighted by Crippen LogP contribution is 2.27. The zero-order valence-electron chi connectivity index (χ0n) is 20.2. The highest BCUT2D eigenvalue weighted by atomic mass is 32.2. The SMILES string of the molecule is COc1ccc(S(=O)(=O)N2CCCC2)cc1CCC(=O)Nc1ccc(S(=O)(=O)N2CCOCC2)cc1. The van der Waals surface area contributed by atoms with Crippen LogP contribution in [0.4, 0.5) is 5.69 Å². The van der Waals surface area contributed by atoms with Crippen molar-refractivity contribution >= 4 is 31.6 Å². The van der Waals surface area contributed by atoms with Crippen LogP contribution < -0.4 is 10.1 Å². The predicted molar refractivity (Wildman–Crippen MR) is 134 cm³/mol. The van der Waals surface area contributed by atoms with Crippen molar-refractivity contribution in [3.63, 3.8) is 0 Å². The molecule has 10 nitrogen and oxygen atoms in total. The number of carbonyl (C=O) groups excluding carboxylic acids is 1. The fourth-order valence-corrected chi connectivity index (χ4v) is 7.28. The van der Waals surface area contributed by atoms with Crippen LogP contribution in [0.15, 0.2) is 52.3 Å². The molecule has 1 N–H and O–H groups in total. The number of ether oxygens (including phenoxy) is 2. The number of sulfonamides is 2. The topological polar surface area (TPSA) is 122 Å². The molecular weight excluding hydrogens is 506 g/mol. The second-order valence-electron chi connectivity index (χ2n) is 8.67. The predicted octanol–water partition coefficient (Wildman–Crippen LogP) is 2.07. The van der Waals surface area contributed by atoms with Crippen molar-refractivity contribution in [2.24, 2.45) is 0 Å². The van der Waals surface area contributed by atoms with Gasteiger partial charge in [0.25, 0.3) is 0 Å². The van der Waals surface area contributed by atoms with Crippen molar-refractivity contribution in [2.75, 3.05) is 51.8 Å². The van der Waals surface area contributed by atoms with E-state index >= 15 is 0 Å². The van der Waals surface area contributed by atoms with E-state index in [9.17, 15) is 21.6 Å². The standard InChI is InChI=1S/C24H31N3O7S2/c1-33-23-10-9-22(36(31,32)26-12-2-3-13-26)18-19(23)4-11-24(28)25-20-5-7-21(8-6-20)35(29,30)27-14-16-34-17-15-27/h5-10,18H,2-4,11-17H2,1H3,(H,25,28). The van der Waals surface area contributed by atoms with E-state index in [0.29, 0.717) is 56.4 Å². The molecule has 12 heteroatoms. The summed E-state index contributed by atoms with van der Waals surface area (Å²) in [4.78, 5) is 12.9. The van der Waals surface area contributed by atoms with Crippen LogP contribution in [0.3, 0.4) is 0 Å². The lowest BCUT2D eigenvalue weighted by Crippen LogP contribution is -2.40. The second-order valence-corrected chi connectivity index (χ2v) is 12.5. The fourth-order valence-electron chi connectivity index (χ4n) is 4.31. The smallest absolute Gasteiger partial charge is 0.243 e. The van der Waals surface area contributed by atoms with Gasteiger partial charge in [0.1, 0.15) is 5.75 Å². The fraction of sp³-hybridized carbons (Fsp3) is 0.458. The minimum absolute atomic E-state index is 0.0946. The summed E-state index contributed by atoms with van der Waals surface area (Å²) in [5, 5.41) is 2.76. The molecule has 2 aliphatic heterocycles. The number of aryl methyl sites for hydroxylation is 1. The van der Waals surface area contributed by atoms with Crippen LogP contribution in [0.5, 0.6) is 5.75 Å². The van der Waals surface area contributed by atoms with E-state index in [1.165, 1.54) is 33.9 Å². The van der Waals surface area contributed by atoms with Gasteiger partial charge in [-0.2, -0.15) is 8.61 Å². The van der Waals surface area contributed by atoms with Gasteiger partial charge in [0.05, 0.1) is 30.1 Å². The summed E-state index contributed by atoms with van der Waals surface area (Å²) in [7, 11) is -5.69. The average Bonchev–Trinajstić information content (AvgIpc) is 3.44. The molecule has 36 heavy (non-hydrogen) atoms. The number of anilines is 1. The summed E-state index contributed by atoms with van der Waals surface area (Å²) in [6.07, 6.45) is 2.07. The Hall–Kier alpha value is -2.51. The van der Waals surface area contributed by atoms with Gasteiger partial charge in [-0.15, -0.1) is 0 Å². The Morgan fingerprint density at radius 2 is 1.47 bits per heavy atom. The second kappa shape index (κ2) is 11.3. The molecule has 4 rings (SSSR count). The van der Waals surface area contributed by atoms with Crippen molar-refractivity contribution < 1.29 is 31.1 Å². The van der Waals surface area contributed by atoms with Gasteiger partial charge in [-0.05, 0) is 67.3 Å². The third-order valence-corrected chi connectivity index (χ3v) is 10.1. The van der Waals surface area contributed by atoms with Crippen LogP contribution in [0.1, 0.15) is 24.8 Å². The Balaban J connectivity index is 1.39. The molecular formula is C24H31N3O7S2. The number of methoxy groups -OCH3 is 1. The van der Waals surface area contributed by atoms with E-state index in [-0.39, 0.29) is 28.5 Å². The molecule has 0 unspecified atom stereocenters. The van der Waals surface area contributed by atoms with Crippen LogP contribution in [-0.2, 0) is 36.0 Å². The first-order valence-electron chi connectivity index (χ1n) is 11.9. The van der Waals surface area contributed by atoms with Gasteiger partial charge >= 0.3 is 0 Å². The van der Waals surface area contributed by atoms with Crippen molar-refractivity contribution in [1.82, 2.24) is 8.61 Å². The first-order valence-corrected chi connectivity index (χ1v) is 14.7. The molecule has 2 fully saturated rings. The van der Waals surface area contributed by atoms with E-state index in [1.807, 2.05) is 0 Å². The molecule has 196 valence electrons. The highest BCUT2D eigenvalue weighted by molar-refractivity contribution is 7.89. The number of benzene rings is 2. The molecule has 0 spiro atoms. The number of hydrogen-bond donors (Lipinski definition) is 1. The van der Waals surface area contributed by atoms with Crippen LogP contribution in [-0.4, -0.2) is 77.9 Å². The lowest BCUT2D eigenvalue weighted by molar-refractivity contribution is -0.116. The van der Waals surface area contributed by atoms with Crippen molar-refractivity contribution in [2.45, 2.75) is 35.5 Å². The lowest BCUT2D eigenvalue weighted by atomic mass is 10.1. The number of carbonyl (C=O) groups is 1. The van der Waals surface area contributed by atoms with E-state index < -0.39 is 20.0 Å². The normalized spacial score (nSPS) is 17.7. The van der Waals surface area contributed by atoms with E-state index in [0.717, 1.165) is 12.8 Å². The average molecular weight is 538 g/mol. The Morgan fingerprint density at radius 3 is 2.11 bits per heavy atom. The number of hydrogen-bond acceptors (Lipinski definition) is 7. The quantitative estimate of drug-likeness (QED) is 0.520. The molecule has 0 radical (unpaired) electrons. The Morgan fingerprint density at radius 1 is 0.889 bits per heavy atom. The maximum atomic E-state index is 12.9. The maximum Gasteiger partial charge on any atom is 0.243 e. The van der Waals surface area contributed by atoms with Crippen LogP contribution in [0.25, 0.3) is 0 Å². The zero-order chi connectivity index (χ0) is 25.8. The minimum Gasteiger partial charge on any atom is -0.496 e. The van der Waals surface area contributed by atoms with Crippen LogP contribution >= 0.6 is 0 Å². The Labute approximate surface area is 212 Å². The first kappa shape index (κ1) is 26.6. The van der Waals surface area contributed by atoms with Crippen molar-refractivity contribution in [1.29, 1.82) is 0 Å². The number of nitrogens with zero attached hydrogens (tertiary/aromatic N) is 2. The number of nitrogens with one attached hydrogen (secondary N) is 1. The van der Waals surface area contributed by atoms with E-state index in [1.54, 1.807) is 24.3 Å². The summed E-state index contributed by atoms with van der Waals surface area (Å²) in [6.45, 7) is 2.38. The zero-order valence-corrected chi connectivity index (χ0v) is 21.8. The molecule has 2 aliphatic rings. The number of amides is 1. The first-order chi connectivity index (χ1) is 17.2. The van der Waals surface area contributed by atoms with E-state index in [2.05, 4.69) is 5.32 Å². The van der Waals surface area contributed by atoms with E-state index in [4.69, 9.17) is 9.47 Å². The molecule has 2 aromatic rings. The molecule has 1 amide bonds. The maximum absolute atomic E-state index is 12.9. The van der Waals surface area contributed by atoms with Crippen LogP contribution in [0, 0.1) is 0 Å². The van der Waals surface area contributed by atoms with Crippen molar-refractivity contribution in [3.8, 4) is 5.75 Å². The minimum atomic E-state index is -3.61. The van der Waals surface area contributed by atoms with Gasteiger partial charge in [0, 0.05) is 38.3 Å². The summed E-state index contributed by atoms with van der Waals surface area (Å²) in [5.74, 6) is 0.231. The summed E-state index contributed by atoms with van der Waals surface area (Å²) in [6, 6.07) is 10.8. The summed E-state index contributed by atoms with van der Waals surface area (Å²) < 4.78 is 64.8. The molecule has 0 aliphatic carbocycles. The molecule has 0 bridgehead atoms. The van der Waals surface area contributed by atoms with Gasteiger partial charge < -0.3 is 14.8 Å². The Bertz CT molecular complexity index is 1280. The van der Waals surface area contributed by atoms with Gasteiger partial charge in [0.15, 0.2) is 0 Å². The van der Waals surface area contributed by atoms with Gasteiger partial charge in [0.2, 0.25) is 26.0 Å². The molecule has 0 saturated carbocycles. The lowest BCUT2D eigenvalue weighted by Gasteiger charge is -2.26. The monoisotopic (exact) mass is 537 g/mol. The molecule has 2 aromatic carbocycles. The summed E-state index contributed by atoms with van der Waals surface area (Å²) in [5.41, 5.74) is 1.10. The highest BCUT2D eigenvalue weighted by Gasteiger charge is 2.28. The van der Waals surface area contributed by atoms with Crippen LogP contribution in [0.2, 0.25) is 0 Å². The summed E-state index contributed by atoms with van der Waals surface area (Å²) >= 11 is 0. The Kier molecular flexibility index (Phi) is 8.30. The van der Waals surface area contributed by atoms with Gasteiger partial charge in [-0.3, -0.25) is 4.79 Å². The molecule has 2 saturated heterocycles. The largest absolute Gasteiger partial charge is 0.496 e. The third kappa shape index (κ3) is 5.89.